The third-order valence-corrected chi connectivity index (χ3v) is 7.40. The zero-order chi connectivity index (χ0) is 29.6. The molecule has 1 aromatic carbocycles. The van der Waals surface area contributed by atoms with Crippen molar-refractivity contribution < 1.29 is 33.3 Å². The lowest BCUT2D eigenvalue weighted by Crippen LogP contribution is -2.47. The van der Waals surface area contributed by atoms with Crippen LogP contribution in [0.15, 0.2) is 24.3 Å². The van der Waals surface area contributed by atoms with Crippen LogP contribution in [0.25, 0.3) is 0 Å². The Kier molecular flexibility index (Phi) is 14.3. The van der Waals surface area contributed by atoms with Crippen molar-refractivity contribution in [1.82, 2.24) is 5.32 Å². The summed E-state index contributed by atoms with van der Waals surface area (Å²) in [6.07, 6.45) is 6.21. The highest BCUT2D eigenvalue weighted by molar-refractivity contribution is 6.30. The van der Waals surface area contributed by atoms with E-state index >= 15 is 0 Å². The molecule has 1 N–H and O–H groups in total. The average Bonchev–Trinajstić information content (AvgIpc) is 3.36. The Morgan fingerprint density at radius 2 is 1.70 bits per heavy atom. The van der Waals surface area contributed by atoms with E-state index in [1.54, 1.807) is 31.4 Å². The highest BCUT2D eigenvalue weighted by Gasteiger charge is 2.45. The van der Waals surface area contributed by atoms with Gasteiger partial charge >= 0.3 is 11.9 Å². The Bertz CT molecular complexity index is 923. The molecule has 9 heteroatoms. The van der Waals surface area contributed by atoms with E-state index in [4.69, 9.17) is 30.5 Å². The summed E-state index contributed by atoms with van der Waals surface area (Å²) < 4.78 is 22.2. The maximum Gasteiger partial charge on any atom is 0.309 e. The van der Waals surface area contributed by atoms with Gasteiger partial charge in [0.15, 0.2) is 0 Å². The van der Waals surface area contributed by atoms with Gasteiger partial charge in [0.25, 0.3) is 0 Å². The Labute approximate surface area is 244 Å². The Hall–Kier alpha value is -2.32. The van der Waals surface area contributed by atoms with Crippen LogP contribution in [0.4, 0.5) is 0 Å². The van der Waals surface area contributed by atoms with Crippen LogP contribution in [0.2, 0.25) is 5.02 Å². The predicted molar refractivity (Wildman–Crippen MR) is 155 cm³/mol. The number of hydrogen-bond donors (Lipinski definition) is 1. The number of carbonyl (C=O) groups excluding carboxylic acids is 3. The quantitative estimate of drug-likeness (QED) is 0.171. The van der Waals surface area contributed by atoms with Crippen molar-refractivity contribution in [2.75, 3.05) is 26.9 Å². The van der Waals surface area contributed by atoms with E-state index in [1.165, 1.54) is 0 Å². The summed E-state index contributed by atoms with van der Waals surface area (Å²) in [5, 5.41) is 3.76. The molecule has 8 nitrogen and oxygen atoms in total. The Morgan fingerprint density at radius 3 is 2.30 bits per heavy atom. The molecule has 1 amide bonds. The summed E-state index contributed by atoms with van der Waals surface area (Å²) in [4.78, 5) is 39.6. The number of hydrogen-bond acceptors (Lipinski definition) is 7. The molecule has 40 heavy (non-hydrogen) atoms. The van der Waals surface area contributed by atoms with Gasteiger partial charge in [0.1, 0.15) is 11.4 Å². The van der Waals surface area contributed by atoms with Crippen molar-refractivity contribution in [2.24, 2.45) is 11.3 Å². The van der Waals surface area contributed by atoms with Gasteiger partial charge in [0.05, 0.1) is 31.0 Å². The first-order valence-electron chi connectivity index (χ1n) is 14.5. The number of esters is 2. The molecule has 0 spiro atoms. The molecule has 0 radical (unpaired) electrons. The number of ether oxygens (including phenoxy) is 4. The fourth-order valence-electron chi connectivity index (χ4n) is 5.00. The van der Waals surface area contributed by atoms with E-state index in [0.29, 0.717) is 62.7 Å². The SMILES string of the molecule is CCCCOC(=O)CC(CCOc1ccc(Cl)cc1)NC(=O)C1(CC(CCOC)C(=O)OC(C)(C)C)CCCC1. The summed E-state index contributed by atoms with van der Waals surface area (Å²) >= 11 is 5.96. The van der Waals surface area contributed by atoms with E-state index in [9.17, 15) is 14.4 Å². The minimum atomic E-state index is -0.712. The number of unbranched alkanes of at least 4 members (excludes halogenated alkanes) is 1. The summed E-state index contributed by atoms with van der Waals surface area (Å²) in [5.41, 5.74) is -1.34. The molecule has 0 saturated heterocycles. The fourth-order valence-corrected chi connectivity index (χ4v) is 5.13. The van der Waals surface area contributed by atoms with Crippen molar-refractivity contribution >= 4 is 29.4 Å². The monoisotopic (exact) mass is 581 g/mol. The maximum absolute atomic E-state index is 13.9. The van der Waals surface area contributed by atoms with Gasteiger partial charge in [-0.15, -0.1) is 0 Å². The number of rotatable bonds is 17. The second-order valence-corrected chi connectivity index (χ2v) is 12.2. The van der Waals surface area contributed by atoms with Crippen molar-refractivity contribution in [1.29, 1.82) is 0 Å². The van der Waals surface area contributed by atoms with Crippen molar-refractivity contribution in [3.05, 3.63) is 29.3 Å². The second kappa shape index (κ2) is 16.8. The van der Waals surface area contributed by atoms with Gasteiger partial charge in [-0.1, -0.05) is 37.8 Å². The smallest absolute Gasteiger partial charge is 0.309 e. The average molecular weight is 582 g/mol. The highest BCUT2D eigenvalue weighted by atomic mass is 35.5. The molecule has 0 heterocycles. The summed E-state index contributed by atoms with van der Waals surface area (Å²) in [7, 11) is 1.60. The molecule has 0 aromatic heterocycles. The first kappa shape index (κ1) is 33.9. The van der Waals surface area contributed by atoms with Crippen LogP contribution in [0, 0.1) is 11.3 Å². The maximum atomic E-state index is 13.9. The highest BCUT2D eigenvalue weighted by Crippen LogP contribution is 2.44. The molecule has 2 unspecified atom stereocenters. The van der Waals surface area contributed by atoms with Gasteiger partial charge in [-0.05, 0) is 77.1 Å². The number of nitrogens with one attached hydrogen (secondary N) is 1. The second-order valence-electron chi connectivity index (χ2n) is 11.7. The van der Waals surface area contributed by atoms with Crippen molar-refractivity contribution in [3.63, 3.8) is 0 Å². The number of methoxy groups -OCH3 is 1. The van der Waals surface area contributed by atoms with Gasteiger partial charge < -0.3 is 24.3 Å². The van der Waals surface area contributed by atoms with E-state index < -0.39 is 23.0 Å². The molecule has 1 saturated carbocycles. The van der Waals surface area contributed by atoms with E-state index in [-0.39, 0.29) is 24.3 Å². The number of carbonyl (C=O) groups is 3. The molecular weight excluding hydrogens is 534 g/mol. The van der Waals surface area contributed by atoms with Crippen LogP contribution < -0.4 is 10.1 Å². The third kappa shape index (κ3) is 12.0. The van der Waals surface area contributed by atoms with Crippen LogP contribution in [0.3, 0.4) is 0 Å². The lowest BCUT2D eigenvalue weighted by atomic mass is 9.75. The van der Waals surface area contributed by atoms with Gasteiger partial charge in [-0.25, -0.2) is 0 Å². The van der Waals surface area contributed by atoms with Crippen LogP contribution in [0.5, 0.6) is 5.75 Å². The van der Waals surface area contributed by atoms with Crippen molar-refractivity contribution in [3.8, 4) is 5.75 Å². The van der Waals surface area contributed by atoms with E-state index in [2.05, 4.69) is 5.32 Å². The molecular formula is C31H48ClNO7. The minimum absolute atomic E-state index is 0.0503. The first-order valence-corrected chi connectivity index (χ1v) is 14.9. The molecule has 1 fully saturated rings. The lowest BCUT2D eigenvalue weighted by molar-refractivity contribution is -0.162. The third-order valence-electron chi connectivity index (χ3n) is 7.15. The molecule has 1 aliphatic carbocycles. The van der Waals surface area contributed by atoms with Crippen LogP contribution >= 0.6 is 11.6 Å². The lowest BCUT2D eigenvalue weighted by Gasteiger charge is -2.34. The molecule has 2 atom stereocenters. The first-order chi connectivity index (χ1) is 19.0. The molecule has 0 bridgehead atoms. The normalized spacial score (nSPS) is 16.1. The zero-order valence-corrected chi connectivity index (χ0v) is 25.6. The molecule has 0 aliphatic heterocycles. The molecule has 2 rings (SSSR count). The topological polar surface area (TPSA) is 100 Å². The fraction of sp³-hybridized carbons (Fsp3) is 0.710. The number of amides is 1. The molecule has 1 aliphatic rings. The minimum Gasteiger partial charge on any atom is -0.494 e. The van der Waals surface area contributed by atoms with Crippen LogP contribution in [0.1, 0.15) is 91.9 Å². The molecule has 226 valence electrons. The number of halogens is 1. The molecule has 1 aromatic rings. The van der Waals surface area contributed by atoms with Crippen LogP contribution in [-0.2, 0) is 28.6 Å². The van der Waals surface area contributed by atoms with Crippen LogP contribution in [-0.4, -0.2) is 56.4 Å². The van der Waals surface area contributed by atoms with Gasteiger partial charge in [0.2, 0.25) is 5.91 Å². The summed E-state index contributed by atoms with van der Waals surface area (Å²) in [6, 6.07) is 6.58. The Balaban J connectivity index is 2.15. The van der Waals surface area contributed by atoms with E-state index in [0.717, 1.165) is 25.7 Å². The van der Waals surface area contributed by atoms with Gasteiger partial charge in [0, 0.05) is 31.2 Å². The summed E-state index contributed by atoms with van der Waals surface area (Å²) in [5.74, 6) is -0.596. The van der Waals surface area contributed by atoms with E-state index in [1.807, 2.05) is 27.7 Å². The van der Waals surface area contributed by atoms with Gasteiger partial charge in [-0.3, -0.25) is 14.4 Å². The standard InChI is InChI=1S/C31H48ClNO7/c1-6-7-18-39-27(34)21-25(15-20-38-26-12-10-24(32)11-13-26)33-29(36)31(16-8-9-17-31)22-23(14-19-37-5)28(35)40-30(2,3)4/h10-13,23,25H,6-9,14-22H2,1-5H3,(H,33,36). The predicted octanol–water partition coefficient (Wildman–Crippen LogP) is 6.27. The zero-order valence-electron chi connectivity index (χ0n) is 24.9. The summed E-state index contributed by atoms with van der Waals surface area (Å²) in [6.45, 7) is 8.61. The number of benzene rings is 1. The Morgan fingerprint density at radius 1 is 1.02 bits per heavy atom. The van der Waals surface area contributed by atoms with Crippen molar-refractivity contribution in [2.45, 2.75) is 104 Å². The van der Waals surface area contributed by atoms with Gasteiger partial charge in [-0.2, -0.15) is 0 Å². The largest absolute Gasteiger partial charge is 0.494 e.